The van der Waals surface area contributed by atoms with Crippen LogP contribution >= 0.6 is 0 Å². The van der Waals surface area contributed by atoms with Crippen molar-refractivity contribution < 1.29 is 19.8 Å². The fraction of sp³-hybridized carbons (Fsp3) is 0.600. The zero-order chi connectivity index (χ0) is 19.7. The highest BCUT2D eigenvalue weighted by Gasteiger charge is 2.23. The van der Waals surface area contributed by atoms with Crippen LogP contribution in [-0.2, 0) is 12.8 Å². The molecule has 0 aliphatic carbocycles. The first kappa shape index (κ1) is 22.1. The van der Waals surface area contributed by atoms with Gasteiger partial charge in [0, 0.05) is 13.1 Å². The van der Waals surface area contributed by atoms with Crippen LogP contribution in [0, 0.1) is 0 Å². The van der Waals surface area contributed by atoms with E-state index in [2.05, 4.69) is 37.5 Å². The third-order valence-corrected chi connectivity index (χ3v) is 5.02. The second-order valence-electron chi connectivity index (χ2n) is 6.29. The Balaban J connectivity index is 3.27. The maximum atomic E-state index is 11.8. The lowest BCUT2D eigenvalue weighted by Gasteiger charge is -2.22. The molecule has 146 valence electrons. The van der Waals surface area contributed by atoms with Gasteiger partial charge in [-0.2, -0.15) is 0 Å². The number of benzene rings is 1. The topological polar surface area (TPSA) is 81.1 Å². The highest BCUT2D eigenvalue weighted by Crippen LogP contribution is 2.22. The molecule has 0 aromatic heterocycles. The van der Waals surface area contributed by atoms with Gasteiger partial charge in [-0.1, -0.05) is 33.8 Å². The van der Waals surface area contributed by atoms with E-state index in [4.69, 9.17) is 0 Å². The molecule has 6 nitrogen and oxygen atoms in total. The summed E-state index contributed by atoms with van der Waals surface area (Å²) in [7, 11) is 0. The predicted molar refractivity (Wildman–Crippen MR) is 103 cm³/mol. The maximum absolute atomic E-state index is 11.8. The van der Waals surface area contributed by atoms with Crippen molar-refractivity contribution in [3.05, 3.63) is 34.4 Å². The summed E-state index contributed by atoms with van der Waals surface area (Å²) < 4.78 is 0. The summed E-state index contributed by atoms with van der Waals surface area (Å²) in [6.07, 6.45) is 1.26. The normalized spacial score (nSPS) is 11.3. The van der Waals surface area contributed by atoms with Crippen LogP contribution < -0.4 is 0 Å². The van der Waals surface area contributed by atoms with Gasteiger partial charge in [-0.25, -0.2) is 9.59 Å². The molecule has 0 fully saturated rings. The van der Waals surface area contributed by atoms with Gasteiger partial charge in [-0.15, -0.1) is 0 Å². The molecule has 0 atom stereocenters. The van der Waals surface area contributed by atoms with Crippen molar-refractivity contribution in [2.45, 2.75) is 40.5 Å². The van der Waals surface area contributed by atoms with Gasteiger partial charge in [0.1, 0.15) is 0 Å². The second kappa shape index (κ2) is 10.9. The summed E-state index contributed by atoms with van der Waals surface area (Å²) in [6.45, 7) is 13.5. The summed E-state index contributed by atoms with van der Waals surface area (Å²) in [5.41, 5.74) is 1.42. The van der Waals surface area contributed by atoms with Crippen molar-refractivity contribution in [3.8, 4) is 0 Å². The van der Waals surface area contributed by atoms with Gasteiger partial charge in [-0.3, -0.25) is 0 Å². The minimum Gasteiger partial charge on any atom is -0.478 e. The van der Waals surface area contributed by atoms with Crippen molar-refractivity contribution in [2.24, 2.45) is 0 Å². The second-order valence-corrected chi connectivity index (χ2v) is 6.29. The Morgan fingerprint density at radius 1 is 0.808 bits per heavy atom. The fourth-order valence-corrected chi connectivity index (χ4v) is 3.26. The molecule has 0 amide bonds. The lowest BCUT2D eigenvalue weighted by atomic mass is 9.91. The van der Waals surface area contributed by atoms with E-state index < -0.39 is 11.9 Å². The highest BCUT2D eigenvalue weighted by molar-refractivity contribution is 6.03. The third kappa shape index (κ3) is 5.81. The molecule has 0 bridgehead atoms. The number of carboxylic acid groups (broad SMARTS) is 2. The van der Waals surface area contributed by atoms with Gasteiger partial charge in [0.15, 0.2) is 0 Å². The first-order chi connectivity index (χ1) is 12.4. The van der Waals surface area contributed by atoms with Crippen LogP contribution in [0.2, 0.25) is 0 Å². The van der Waals surface area contributed by atoms with E-state index in [1.807, 2.05) is 0 Å². The predicted octanol–water partition coefficient (Wildman–Crippen LogP) is 2.85. The summed E-state index contributed by atoms with van der Waals surface area (Å²) >= 11 is 0. The van der Waals surface area contributed by atoms with Crippen LogP contribution in [0.15, 0.2) is 12.1 Å². The molecule has 0 aliphatic heterocycles. The molecule has 0 unspecified atom stereocenters. The molecule has 0 spiro atoms. The lowest BCUT2D eigenvalue weighted by Crippen LogP contribution is -2.28. The molecule has 6 heteroatoms. The average Bonchev–Trinajstić information content (AvgIpc) is 2.63. The Labute approximate surface area is 156 Å². The molecule has 1 aromatic carbocycles. The molecule has 0 aliphatic rings. The highest BCUT2D eigenvalue weighted by atomic mass is 16.4. The monoisotopic (exact) mass is 364 g/mol. The number of hydrogen-bond acceptors (Lipinski definition) is 4. The minimum absolute atomic E-state index is 0.0540. The van der Waals surface area contributed by atoms with E-state index in [0.29, 0.717) is 18.5 Å². The van der Waals surface area contributed by atoms with Gasteiger partial charge >= 0.3 is 11.9 Å². The van der Waals surface area contributed by atoms with Crippen molar-refractivity contribution >= 4 is 11.9 Å². The quantitative estimate of drug-likeness (QED) is 0.594. The molecule has 1 aromatic rings. The Hall–Kier alpha value is -1.92. The van der Waals surface area contributed by atoms with Gasteiger partial charge < -0.3 is 20.0 Å². The van der Waals surface area contributed by atoms with Gasteiger partial charge in [-0.05, 0) is 56.2 Å². The van der Waals surface area contributed by atoms with E-state index in [9.17, 15) is 19.8 Å². The number of likely N-dealkylation sites (N-methyl/N-ethyl adjacent to an activating group) is 2. The number of carbonyl (C=O) groups is 2. The molecular weight excluding hydrogens is 332 g/mol. The first-order valence-corrected chi connectivity index (χ1v) is 9.45. The van der Waals surface area contributed by atoms with E-state index in [-0.39, 0.29) is 11.1 Å². The van der Waals surface area contributed by atoms with Crippen molar-refractivity contribution in [2.75, 3.05) is 39.3 Å². The van der Waals surface area contributed by atoms with Gasteiger partial charge in [0.2, 0.25) is 0 Å². The third-order valence-electron chi connectivity index (χ3n) is 5.02. The SMILES string of the molecule is CCN(CC)CCc1ccc(C(=O)O)c(C(=O)O)c1CCN(CC)CC. The molecule has 0 radical (unpaired) electrons. The lowest BCUT2D eigenvalue weighted by molar-refractivity contribution is 0.0650. The average molecular weight is 364 g/mol. The van der Waals surface area contributed by atoms with Crippen molar-refractivity contribution in [3.63, 3.8) is 0 Å². The standard InChI is InChI=1S/C20H32N2O4/c1-5-21(6-2)13-11-15-9-10-17(19(23)24)18(20(25)26)16(15)12-14-22(7-3)8-4/h9-10H,5-8,11-14H2,1-4H3,(H,23,24)(H,25,26). The molecular formula is C20H32N2O4. The zero-order valence-corrected chi connectivity index (χ0v) is 16.4. The Kier molecular flexibility index (Phi) is 9.30. The Bertz CT molecular complexity index is 608. The molecule has 2 N–H and O–H groups in total. The van der Waals surface area contributed by atoms with Crippen LogP contribution in [-0.4, -0.2) is 71.2 Å². The number of hydrogen-bond donors (Lipinski definition) is 2. The van der Waals surface area contributed by atoms with E-state index >= 15 is 0 Å². The summed E-state index contributed by atoms with van der Waals surface area (Å²) in [5, 5.41) is 19.1. The summed E-state index contributed by atoms with van der Waals surface area (Å²) in [6, 6.07) is 3.22. The number of aromatic carboxylic acids is 2. The van der Waals surface area contributed by atoms with Gasteiger partial charge in [0.05, 0.1) is 11.1 Å². The minimum atomic E-state index is -1.19. The molecule has 26 heavy (non-hydrogen) atoms. The zero-order valence-electron chi connectivity index (χ0n) is 16.4. The largest absolute Gasteiger partial charge is 0.478 e. The van der Waals surface area contributed by atoms with Crippen LogP contribution in [0.4, 0.5) is 0 Å². The van der Waals surface area contributed by atoms with E-state index in [1.165, 1.54) is 6.07 Å². The number of carboxylic acids is 2. The first-order valence-electron chi connectivity index (χ1n) is 9.45. The Morgan fingerprint density at radius 2 is 1.31 bits per heavy atom. The van der Waals surface area contributed by atoms with Crippen molar-refractivity contribution in [1.82, 2.24) is 9.80 Å². The molecule has 0 heterocycles. The van der Waals surface area contributed by atoms with E-state index in [0.717, 1.165) is 44.7 Å². The van der Waals surface area contributed by atoms with Crippen LogP contribution in [0.25, 0.3) is 0 Å². The Morgan fingerprint density at radius 3 is 1.73 bits per heavy atom. The van der Waals surface area contributed by atoms with Crippen LogP contribution in [0.3, 0.4) is 0 Å². The van der Waals surface area contributed by atoms with E-state index in [1.54, 1.807) is 6.07 Å². The summed E-state index contributed by atoms with van der Waals surface area (Å²) in [4.78, 5) is 27.9. The van der Waals surface area contributed by atoms with Crippen LogP contribution in [0.1, 0.15) is 59.5 Å². The van der Waals surface area contributed by atoms with Crippen LogP contribution in [0.5, 0.6) is 0 Å². The fourth-order valence-electron chi connectivity index (χ4n) is 3.26. The number of rotatable bonds is 12. The smallest absolute Gasteiger partial charge is 0.336 e. The molecule has 0 saturated heterocycles. The molecule has 0 saturated carbocycles. The van der Waals surface area contributed by atoms with Crippen molar-refractivity contribution in [1.29, 1.82) is 0 Å². The maximum Gasteiger partial charge on any atom is 0.336 e. The number of nitrogens with zero attached hydrogens (tertiary/aromatic N) is 2. The molecule has 1 rings (SSSR count). The summed E-state index contributed by atoms with van der Waals surface area (Å²) in [5.74, 6) is -2.36. The van der Waals surface area contributed by atoms with Gasteiger partial charge in [0.25, 0.3) is 0 Å².